The predicted octanol–water partition coefficient (Wildman–Crippen LogP) is 2.40. The molecule has 1 aliphatic heterocycles. The van der Waals surface area contributed by atoms with Crippen molar-refractivity contribution in [2.45, 2.75) is 12.8 Å². The molecule has 1 fully saturated rings. The van der Waals surface area contributed by atoms with Crippen molar-refractivity contribution >= 4 is 32.6 Å². The third-order valence-corrected chi connectivity index (χ3v) is 6.31. The third-order valence-electron chi connectivity index (χ3n) is 5.25. The molecule has 30 heavy (non-hydrogen) atoms. The maximum atomic E-state index is 13.1. The zero-order chi connectivity index (χ0) is 20.6. The molecule has 0 bridgehead atoms. The molecular formula is C23H28N3O3S+. The number of ether oxygens (including phenoxy) is 2. The lowest BCUT2D eigenvalue weighted by molar-refractivity contribution is -0.908. The number of aromatic nitrogens is 1. The van der Waals surface area contributed by atoms with Crippen molar-refractivity contribution in [1.82, 2.24) is 4.98 Å². The predicted molar refractivity (Wildman–Crippen MR) is 120 cm³/mol. The second-order valence-corrected chi connectivity index (χ2v) is 8.40. The zero-order valence-corrected chi connectivity index (χ0v) is 17.9. The van der Waals surface area contributed by atoms with Gasteiger partial charge in [-0.15, -0.1) is 0 Å². The molecule has 4 rings (SSSR count). The van der Waals surface area contributed by atoms with E-state index in [9.17, 15) is 4.79 Å². The maximum Gasteiger partial charge on any atom is 0.232 e. The summed E-state index contributed by atoms with van der Waals surface area (Å²) < 4.78 is 12.3. The van der Waals surface area contributed by atoms with Crippen molar-refractivity contribution in [2.75, 3.05) is 50.9 Å². The second kappa shape index (κ2) is 10.5. The van der Waals surface area contributed by atoms with Gasteiger partial charge in [-0.3, -0.25) is 9.69 Å². The fourth-order valence-corrected chi connectivity index (χ4v) is 4.62. The van der Waals surface area contributed by atoms with Gasteiger partial charge >= 0.3 is 0 Å². The topological polar surface area (TPSA) is 56.1 Å². The summed E-state index contributed by atoms with van der Waals surface area (Å²) in [5.74, 6) is 0.842. The Morgan fingerprint density at radius 1 is 1.10 bits per heavy atom. The van der Waals surface area contributed by atoms with Crippen LogP contribution in [0.4, 0.5) is 5.13 Å². The van der Waals surface area contributed by atoms with E-state index in [2.05, 4.69) is 6.07 Å². The van der Waals surface area contributed by atoms with Gasteiger partial charge in [0.1, 0.15) is 18.8 Å². The monoisotopic (exact) mass is 426 g/mol. The fraction of sp³-hybridized carbons (Fsp3) is 0.391. The number of morpholine rings is 1. The minimum Gasteiger partial charge on any atom is -0.493 e. The molecule has 0 spiro atoms. The van der Waals surface area contributed by atoms with E-state index in [4.69, 9.17) is 14.5 Å². The van der Waals surface area contributed by atoms with Gasteiger partial charge in [0.2, 0.25) is 5.91 Å². The molecule has 2 aromatic carbocycles. The number of carbonyl (C=O) groups is 1. The molecule has 3 aromatic rings. The van der Waals surface area contributed by atoms with E-state index >= 15 is 0 Å². The average Bonchev–Trinajstić information content (AvgIpc) is 3.22. The van der Waals surface area contributed by atoms with Crippen LogP contribution in [0.5, 0.6) is 5.75 Å². The van der Waals surface area contributed by atoms with Crippen molar-refractivity contribution < 1.29 is 19.2 Å². The summed E-state index contributed by atoms with van der Waals surface area (Å²) in [4.78, 5) is 21.2. The summed E-state index contributed by atoms with van der Waals surface area (Å²) in [5, 5.41) is 0.776. The van der Waals surface area contributed by atoms with Gasteiger partial charge < -0.3 is 14.4 Å². The van der Waals surface area contributed by atoms with Gasteiger partial charge in [0.15, 0.2) is 5.13 Å². The van der Waals surface area contributed by atoms with Crippen LogP contribution in [0.25, 0.3) is 10.2 Å². The Bertz CT molecular complexity index is 908. The first kappa shape index (κ1) is 20.8. The lowest BCUT2D eigenvalue weighted by Gasteiger charge is -2.25. The quantitative estimate of drug-likeness (QED) is 0.571. The van der Waals surface area contributed by atoms with Gasteiger partial charge in [-0.25, -0.2) is 4.98 Å². The first-order valence-electron chi connectivity index (χ1n) is 10.5. The Labute approximate surface area is 181 Å². The molecule has 1 aromatic heterocycles. The van der Waals surface area contributed by atoms with Crippen LogP contribution in [-0.4, -0.2) is 56.9 Å². The van der Waals surface area contributed by atoms with Gasteiger partial charge in [0.05, 0.1) is 43.0 Å². The highest BCUT2D eigenvalue weighted by Gasteiger charge is 2.21. The van der Waals surface area contributed by atoms with Crippen LogP contribution in [-0.2, 0) is 9.53 Å². The number of nitrogens with zero attached hydrogens (tertiary/aromatic N) is 2. The summed E-state index contributed by atoms with van der Waals surface area (Å²) in [6, 6.07) is 17.6. The number of amides is 1. The SMILES string of the molecule is O=C(CCOc1ccccc1)N(CCC[NH+]1CCOCC1)c1nc2ccccc2s1. The van der Waals surface area contributed by atoms with E-state index < -0.39 is 0 Å². The molecule has 1 amide bonds. The van der Waals surface area contributed by atoms with Gasteiger partial charge in [-0.05, 0) is 24.3 Å². The smallest absolute Gasteiger partial charge is 0.232 e. The Morgan fingerprint density at radius 2 is 1.87 bits per heavy atom. The molecule has 0 saturated carbocycles. The van der Waals surface area contributed by atoms with Gasteiger partial charge in [0, 0.05) is 13.0 Å². The average molecular weight is 427 g/mol. The van der Waals surface area contributed by atoms with Crippen molar-refractivity contribution in [3.63, 3.8) is 0 Å². The Hall–Kier alpha value is -2.48. The number of carbonyl (C=O) groups excluding carboxylic acids is 1. The van der Waals surface area contributed by atoms with Crippen molar-refractivity contribution in [1.29, 1.82) is 0 Å². The lowest BCUT2D eigenvalue weighted by atomic mass is 10.3. The van der Waals surface area contributed by atoms with Crippen LogP contribution in [0.1, 0.15) is 12.8 Å². The zero-order valence-electron chi connectivity index (χ0n) is 17.1. The van der Waals surface area contributed by atoms with Crippen LogP contribution < -0.4 is 14.5 Å². The highest BCUT2D eigenvalue weighted by atomic mass is 32.1. The number of quaternary nitrogens is 1. The molecule has 1 aliphatic rings. The summed E-state index contributed by atoms with van der Waals surface area (Å²) >= 11 is 1.58. The highest BCUT2D eigenvalue weighted by molar-refractivity contribution is 7.22. The summed E-state index contributed by atoms with van der Waals surface area (Å²) in [6.45, 7) is 5.81. The highest BCUT2D eigenvalue weighted by Crippen LogP contribution is 2.29. The van der Waals surface area contributed by atoms with Crippen LogP contribution in [0, 0.1) is 0 Å². The normalized spacial score (nSPS) is 14.7. The van der Waals surface area contributed by atoms with Crippen LogP contribution in [0.15, 0.2) is 54.6 Å². The Kier molecular flexibility index (Phi) is 7.29. The molecule has 1 saturated heterocycles. The largest absolute Gasteiger partial charge is 0.493 e. The number of anilines is 1. The van der Waals surface area contributed by atoms with E-state index in [-0.39, 0.29) is 5.91 Å². The summed E-state index contributed by atoms with van der Waals surface area (Å²) in [5.41, 5.74) is 0.939. The second-order valence-electron chi connectivity index (χ2n) is 7.39. The molecular weight excluding hydrogens is 398 g/mol. The first-order valence-corrected chi connectivity index (χ1v) is 11.4. The van der Waals surface area contributed by atoms with E-state index in [1.807, 2.05) is 53.4 Å². The molecule has 0 radical (unpaired) electrons. The van der Waals surface area contributed by atoms with Gasteiger partial charge in [0.25, 0.3) is 0 Å². The minimum absolute atomic E-state index is 0.0574. The van der Waals surface area contributed by atoms with E-state index in [0.717, 1.165) is 60.4 Å². The molecule has 0 atom stereocenters. The van der Waals surface area contributed by atoms with E-state index in [1.165, 1.54) is 0 Å². The minimum atomic E-state index is 0.0574. The molecule has 0 aliphatic carbocycles. The Balaban J connectivity index is 1.39. The first-order chi connectivity index (χ1) is 14.8. The molecule has 158 valence electrons. The number of fused-ring (bicyclic) bond motifs is 1. The molecule has 2 heterocycles. The number of hydrogen-bond donors (Lipinski definition) is 1. The van der Waals surface area contributed by atoms with Crippen LogP contribution >= 0.6 is 11.3 Å². The molecule has 7 heteroatoms. The number of para-hydroxylation sites is 2. The number of thiazole rings is 1. The molecule has 6 nitrogen and oxygen atoms in total. The van der Waals surface area contributed by atoms with Crippen LogP contribution in [0.3, 0.4) is 0 Å². The molecule has 1 N–H and O–H groups in total. The number of nitrogens with one attached hydrogen (secondary N) is 1. The third kappa shape index (κ3) is 5.56. The van der Waals surface area contributed by atoms with E-state index in [1.54, 1.807) is 16.2 Å². The van der Waals surface area contributed by atoms with Crippen molar-refractivity contribution in [3.8, 4) is 5.75 Å². The summed E-state index contributed by atoms with van der Waals surface area (Å²) in [7, 11) is 0. The van der Waals surface area contributed by atoms with Gasteiger partial charge in [-0.1, -0.05) is 41.7 Å². The molecule has 0 unspecified atom stereocenters. The van der Waals surface area contributed by atoms with Crippen molar-refractivity contribution in [3.05, 3.63) is 54.6 Å². The summed E-state index contributed by atoms with van der Waals surface area (Å²) in [6.07, 6.45) is 1.27. The standard InChI is InChI=1S/C23H27N3O3S/c27-22(11-16-29-19-7-2-1-3-8-19)26(13-6-12-25-14-17-28-18-15-25)23-24-20-9-4-5-10-21(20)30-23/h1-5,7-10H,6,11-18H2/p+1. The van der Waals surface area contributed by atoms with Gasteiger partial charge in [-0.2, -0.15) is 0 Å². The number of rotatable bonds is 9. The number of benzene rings is 2. The Morgan fingerprint density at radius 3 is 2.67 bits per heavy atom. The van der Waals surface area contributed by atoms with E-state index in [0.29, 0.717) is 19.6 Å². The maximum absolute atomic E-state index is 13.1. The lowest BCUT2D eigenvalue weighted by Crippen LogP contribution is -3.14. The number of hydrogen-bond acceptors (Lipinski definition) is 5. The fourth-order valence-electron chi connectivity index (χ4n) is 3.61. The van der Waals surface area contributed by atoms with Crippen molar-refractivity contribution in [2.24, 2.45) is 0 Å². The van der Waals surface area contributed by atoms with Crippen LogP contribution in [0.2, 0.25) is 0 Å².